The van der Waals surface area contributed by atoms with E-state index in [0.29, 0.717) is 12.3 Å². The van der Waals surface area contributed by atoms with Crippen molar-refractivity contribution >= 4 is 11.5 Å². The quantitative estimate of drug-likeness (QED) is 0.239. The third kappa shape index (κ3) is 4.53. The maximum absolute atomic E-state index is 8.48. The van der Waals surface area contributed by atoms with E-state index in [-0.39, 0.29) is 0 Å². The minimum absolute atomic E-state index is 0.291. The van der Waals surface area contributed by atoms with Gasteiger partial charge in [-0.1, -0.05) is 53.7 Å². The highest BCUT2D eigenvalue weighted by molar-refractivity contribution is 5.79. The smallest absolute Gasteiger partial charge is 0.139 e. The summed E-state index contributed by atoms with van der Waals surface area (Å²) in [5.74, 6) is 0.291. The van der Waals surface area contributed by atoms with Crippen LogP contribution in [0.15, 0.2) is 59.8 Å². The average molecular weight is 283 g/mol. The lowest BCUT2D eigenvalue weighted by molar-refractivity contribution is 0.316. The molecule has 0 amide bonds. The molecule has 0 spiro atoms. The summed E-state index contributed by atoms with van der Waals surface area (Å²) in [7, 11) is 0. The zero-order valence-corrected chi connectivity index (χ0v) is 12.0. The molecule has 110 valence electrons. The summed E-state index contributed by atoms with van der Waals surface area (Å²) in [5.41, 5.74) is 8.99. The second-order valence-electron chi connectivity index (χ2n) is 4.89. The van der Waals surface area contributed by atoms with Crippen LogP contribution in [0.2, 0.25) is 0 Å². The maximum atomic E-state index is 8.48. The zero-order chi connectivity index (χ0) is 14.9. The number of nitrogens with two attached hydrogens (primary N) is 1. The van der Waals surface area contributed by atoms with Gasteiger partial charge in [-0.15, -0.1) is 0 Å². The predicted octanol–water partition coefficient (Wildman–Crippen LogP) is 3.68. The molecule has 0 bridgehead atoms. The summed E-state index contributed by atoms with van der Waals surface area (Å²) >= 11 is 0. The summed E-state index contributed by atoms with van der Waals surface area (Å²) in [5, 5.41) is 14.9. The van der Waals surface area contributed by atoms with E-state index in [1.54, 1.807) is 0 Å². The SMILES string of the molecule is NC(CCCCNc1ccccc1-c1ccccc1)=NO. The second kappa shape index (κ2) is 7.94. The Morgan fingerprint density at radius 2 is 1.71 bits per heavy atom. The monoisotopic (exact) mass is 283 g/mol. The minimum atomic E-state index is 0.291. The normalized spacial score (nSPS) is 11.3. The molecule has 0 aromatic heterocycles. The van der Waals surface area contributed by atoms with Crippen LogP contribution in [0.4, 0.5) is 5.69 Å². The van der Waals surface area contributed by atoms with E-state index in [2.05, 4.69) is 34.7 Å². The summed E-state index contributed by atoms with van der Waals surface area (Å²) < 4.78 is 0. The molecule has 0 aliphatic carbocycles. The van der Waals surface area contributed by atoms with Crippen LogP contribution in [0, 0.1) is 0 Å². The van der Waals surface area contributed by atoms with E-state index in [4.69, 9.17) is 10.9 Å². The second-order valence-corrected chi connectivity index (χ2v) is 4.89. The summed E-state index contributed by atoms with van der Waals surface area (Å²) in [6.07, 6.45) is 2.49. The molecule has 0 radical (unpaired) electrons. The van der Waals surface area contributed by atoms with E-state index in [1.807, 2.05) is 30.3 Å². The molecule has 21 heavy (non-hydrogen) atoms. The maximum Gasteiger partial charge on any atom is 0.139 e. The van der Waals surface area contributed by atoms with Crippen molar-refractivity contribution in [2.45, 2.75) is 19.3 Å². The van der Waals surface area contributed by atoms with E-state index in [1.165, 1.54) is 11.1 Å². The van der Waals surface area contributed by atoms with Crippen LogP contribution < -0.4 is 11.1 Å². The van der Waals surface area contributed by atoms with Crippen LogP contribution >= 0.6 is 0 Å². The van der Waals surface area contributed by atoms with Gasteiger partial charge in [-0.3, -0.25) is 0 Å². The van der Waals surface area contributed by atoms with Gasteiger partial charge in [-0.25, -0.2) is 0 Å². The van der Waals surface area contributed by atoms with Gasteiger partial charge in [-0.2, -0.15) is 0 Å². The number of amidine groups is 1. The van der Waals surface area contributed by atoms with Crippen molar-refractivity contribution in [3.63, 3.8) is 0 Å². The Balaban J connectivity index is 1.92. The zero-order valence-electron chi connectivity index (χ0n) is 12.0. The van der Waals surface area contributed by atoms with Gasteiger partial charge >= 0.3 is 0 Å². The number of rotatable bonds is 7. The van der Waals surface area contributed by atoms with Crippen molar-refractivity contribution in [1.29, 1.82) is 0 Å². The number of benzene rings is 2. The lowest BCUT2D eigenvalue weighted by atomic mass is 10.0. The number of para-hydroxylation sites is 1. The Bertz CT molecular complexity index is 582. The molecule has 0 saturated carbocycles. The molecular formula is C17H21N3O. The van der Waals surface area contributed by atoms with Gasteiger partial charge in [0.1, 0.15) is 5.84 Å². The van der Waals surface area contributed by atoms with Gasteiger partial charge in [-0.05, 0) is 24.5 Å². The molecule has 0 unspecified atom stereocenters. The third-order valence-corrected chi connectivity index (χ3v) is 3.32. The summed E-state index contributed by atoms with van der Waals surface area (Å²) in [4.78, 5) is 0. The van der Waals surface area contributed by atoms with Crippen molar-refractivity contribution in [2.75, 3.05) is 11.9 Å². The van der Waals surface area contributed by atoms with E-state index in [0.717, 1.165) is 25.1 Å². The first-order valence-corrected chi connectivity index (χ1v) is 7.16. The number of nitrogens with one attached hydrogen (secondary N) is 1. The van der Waals surface area contributed by atoms with Gasteiger partial charge in [0, 0.05) is 24.2 Å². The van der Waals surface area contributed by atoms with Crippen molar-refractivity contribution in [3.05, 3.63) is 54.6 Å². The highest BCUT2D eigenvalue weighted by atomic mass is 16.4. The molecule has 2 rings (SSSR count). The van der Waals surface area contributed by atoms with Gasteiger partial charge in [0.2, 0.25) is 0 Å². The Kier molecular flexibility index (Phi) is 5.64. The molecular weight excluding hydrogens is 262 g/mol. The van der Waals surface area contributed by atoms with Gasteiger partial charge in [0.25, 0.3) is 0 Å². The molecule has 2 aromatic carbocycles. The fourth-order valence-electron chi connectivity index (χ4n) is 2.21. The van der Waals surface area contributed by atoms with Crippen LogP contribution in [0.3, 0.4) is 0 Å². The molecule has 0 saturated heterocycles. The van der Waals surface area contributed by atoms with Crippen molar-refractivity contribution in [2.24, 2.45) is 10.9 Å². The molecule has 0 fully saturated rings. The molecule has 4 heteroatoms. The molecule has 0 aliphatic heterocycles. The fraction of sp³-hybridized carbons (Fsp3) is 0.235. The number of hydrogen-bond acceptors (Lipinski definition) is 3. The Morgan fingerprint density at radius 1 is 1.00 bits per heavy atom. The predicted molar refractivity (Wildman–Crippen MR) is 87.6 cm³/mol. The van der Waals surface area contributed by atoms with Gasteiger partial charge < -0.3 is 16.3 Å². The van der Waals surface area contributed by atoms with Crippen LogP contribution in [0.5, 0.6) is 0 Å². The molecule has 0 heterocycles. The van der Waals surface area contributed by atoms with Gasteiger partial charge in [0.15, 0.2) is 0 Å². The summed E-state index contributed by atoms with van der Waals surface area (Å²) in [6.45, 7) is 0.864. The molecule has 4 N–H and O–H groups in total. The summed E-state index contributed by atoms with van der Waals surface area (Å²) in [6, 6.07) is 18.6. The topological polar surface area (TPSA) is 70.6 Å². The lowest BCUT2D eigenvalue weighted by Crippen LogP contribution is -2.12. The highest BCUT2D eigenvalue weighted by Crippen LogP contribution is 2.27. The number of oxime groups is 1. The number of hydrogen-bond donors (Lipinski definition) is 3. The largest absolute Gasteiger partial charge is 0.409 e. The minimum Gasteiger partial charge on any atom is -0.409 e. The van der Waals surface area contributed by atoms with Crippen LogP contribution in [0.25, 0.3) is 11.1 Å². The van der Waals surface area contributed by atoms with Gasteiger partial charge in [0.05, 0.1) is 0 Å². The highest BCUT2D eigenvalue weighted by Gasteiger charge is 2.03. The van der Waals surface area contributed by atoms with Crippen molar-refractivity contribution in [3.8, 4) is 11.1 Å². The van der Waals surface area contributed by atoms with E-state index >= 15 is 0 Å². The first-order chi connectivity index (χ1) is 10.3. The van der Waals surface area contributed by atoms with Crippen LogP contribution in [-0.2, 0) is 0 Å². The molecule has 0 atom stereocenters. The van der Waals surface area contributed by atoms with Crippen molar-refractivity contribution in [1.82, 2.24) is 0 Å². The number of unbranched alkanes of at least 4 members (excludes halogenated alkanes) is 1. The van der Waals surface area contributed by atoms with Crippen LogP contribution in [-0.4, -0.2) is 17.6 Å². The molecule has 0 aliphatic rings. The fourth-order valence-corrected chi connectivity index (χ4v) is 2.21. The first kappa shape index (κ1) is 14.9. The number of anilines is 1. The molecule has 2 aromatic rings. The number of nitrogens with zero attached hydrogens (tertiary/aromatic N) is 1. The van der Waals surface area contributed by atoms with E-state index < -0.39 is 0 Å². The third-order valence-electron chi connectivity index (χ3n) is 3.32. The lowest BCUT2D eigenvalue weighted by Gasteiger charge is -2.12. The average Bonchev–Trinajstić information content (AvgIpc) is 2.55. The van der Waals surface area contributed by atoms with Crippen LogP contribution in [0.1, 0.15) is 19.3 Å². The standard InChI is InChI=1S/C17H21N3O/c18-17(20-21)12-6-7-13-19-16-11-5-4-10-15(16)14-8-2-1-3-9-14/h1-5,8-11,19,21H,6-7,12-13H2,(H2,18,20). The van der Waals surface area contributed by atoms with Crippen molar-refractivity contribution < 1.29 is 5.21 Å². The first-order valence-electron chi connectivity index (χ1n) is 7.16. The van der Waals surface area contributed by atoms with E-state index in [9.17, 15) is 0 Å². The Hall–Kier alpha value is -2.49. The molecule has 4 nitrogen and oxygen atoms in total. The Labute approximate surface area is 125 Å². The Morgan fingerprint density at radius 3 is 2.48 bits per heavy atom.